The first-order valence-electron chi connectivity index (χ1n) is 9.90. The van der Waals surface area contributed by atoms with Crippen molar-refractivity contribution in [2.24, 2.45) is 0 Å². The first-order chi connectivity index (χ1) is 13.9. The third-order valence-corrected chi connectivity index (χ3v) is 5.17. The smallest absolute Gasteiger partial charge is 0.344 e. The number of amides is 1. The van der Waals surface area contributed by atoms with Crippen molar-refractivity contribution in [3.8, 4) is 11.5 Å². The number of rotatable bonds is 5. The van der Waals surface area contributed by atoms with E-state index in [0.717, 1.165) is 36.1 Å². The monoisotopic (exact) mass is 395 g/mol. The molecule has 0 saturated carbocycles. The molecule has 2 aliphatic rings. The minimum absolute atomic E-state index is 0.226. The molecule has 0 bridgehead atoms. The molecule has 4 rings (SSSR count). The summed E-state index contributed by atoms with van der Waals surface area (Å²) in [5, 5.41) is 0. The Bertz CT molecular complexity index is 937. The molecule has 0 spiro atoms. The van der Waals surface area contributed by atoms with Gasteiger partial charge in [0.1, 0.15) is 5.60 Å². The SMILES string of the molecule is CC1(C)Cc2cccc(OCC(=O)OCC(=O)N3CCCc4ccccc43)c2O1. The van der Waals surface area contributed by atoms with Crippen LogP contribution in [0.5, 0.6) is 11.5 Å². The van der Waals surface area contributed by atoms with E-state index in [4.69, 9.17) is 14.2 Å². The number of ether oxygens (including phenoxy) is 3. The Morgan fingerprint density at radius 3 is 2.72 bits per heavy atom. The molecule has 0 aromatic heterocycles. The zero-order chi connectivity index (χ0) is 20.4. The van der Waals surface area contributed by atoms with Crippen LogP contribution in [0.2, 0.25) is 0 Å². The molecule has 2 aromatic rings. The van der Waals surface area contributed by atoms with Gasteiger partial charge in [-0.3, -0.25) is 4.79 Å². The Kier molecular flexibility index (Phi) is 5.18. The van der Waals surface area contributed by atoms with Gasteiger partial charge >= 0.3 is 5.97 Å². The highest BCUT2D eigenvalue weighted by Crippen LogP contribution is 2.41. The Balaban J connectivity index is 1.31. The van der Waals surface area contributed by atoms with Crippen molar-refractivity contribution in [3.63, 3.8) is 0 Å². The number of benzene rings is 2. The van der Waals surface area contributed by atoms with Gasteiger partial charge in [0, 0.05) is 24.2 Å². The zero-order valence-corrected chi connectivity index (χ0v) is 16.8. The summed E-state index contributed by atoms with van der Waals surface area (Å²) >= 11 is 0. The number of esters is 1. The van der Waals surface area contributed by atoms with Gasteiger partial charge in [-0.25, -0.2) is 4.79 Å². The van der Waals surface area contributed by atoms with Crippen LogP contribution >= 0.6 is 0 Å². The molecule has 2 heterocycles. The quantitative estimate of drug-likeness (QED) is 0.727. The number of nitrogens with zero attached hydrogens (tertiary/aromatic N) is 1. The molecule has 29 heavy (non-hydrogen) atoms. The lowest BCUT2D eigenvalue weighted by molar-refractivity contribution is -0.149. The molecule has 0 aliphatic carbocycles. The Labute approximate surface area is 170 Å². The third kappa shape index (κ3) is 4.21. The number of para-hydroxylation sites is 2. The van der Waals surface area contributed by atoms with Crippen LogP contribution in [0, 0.1) is 0 Å². The van der Waals surface area contributed by atoms with Crippen LogP contribution in [0.3, 0.4) is 0 Å². The van der Waals surface area contributed by atoms with E-state index >= 15 is 0 Å². The van der Waals surface area contributed by atoms with Crippen LogP contribution < -0.4 is 14.4 Å². The summed E-state index contributed by atoms with van der Waals surface area (Å²) in [5.41, 5.74) is 2.80. The number of carbonyl (C=O) groups excluding carboxylic acids is 2. The fraction of sp³-hybridized carbons (Fsp3) is 0.391. The normalized spacial score (nSPS) is 16.4. The van der Waals surface area contributed by atoms with Crippen LogP contribution in [0.1, 0.15) is 31.4 Å². The van der Waals surface area contributed by atoms with Gasteiger partial charge in [-0.15, -0.1) is 0 Å². The van der Waals surface area contributed by atoms with E-state index in [1.165, 1.54) is 0 Å². The summed E-state index contributed by atoms with van der Waals surface area (Å²) in [5.74, 6) is 0.377. The zero-order valence-electron chi connectivity index (χ0n) is 16.8. The second-order valence-corrected chi connectivity index (χ2v) is 8.01. The van der Waals surface area contributed by atoms with E-state index in [-0.39, 0.29) is 24.7 Å². The average molecular weight is 395 g/mol. The summed E-state index contributed by atoms with van der Waals surface area (Å²) in [7, 11) is 0. The van der Waals surface area contributed by atoms with Gasteiger partial charge in [0.25, 0.3) is 5.91 Å². The standard InChI is InChI=1S/C23H25NO5/c1-23(2)13-17-8-5-11-19(22(17)29-23)27-15-21(26)28-14-20(25)24-12-6-9-16-7-3-4-10-18(16)24/h3-5,7-8,10-11H,6,9,12-15H2,1-2H3. The highest BCUT2D eigenvalue weighted by atomic mass is 16.6. The summed E-state index contributed by atoms with van der Waals surface area (Å²) in [6.07, 6.45) is 2.64. The summed E-state index contributed by atoms with van der Waals surface area (Å²) in [6, 6.07) is 13.5. The number of fused-ring (bicyclic) bond motifs is 2. The number of hydrogen-bond acceptors (Lipinski definition) is 5. The minimum Gasteiger partial charge on any atom is -0.483 e. The van der Waals surface area contributed by atoms with Crippen molar-refractivity contribution in [2.45, 2.75) is 38.7 Å². The average Bonchev–Trinajstić information content (AvgIpc) is 3.04. The lowest BCUT2D eigenvalue weighted by Gasteiger charge is -2.29. The lowest BCUT2D eigenvalue weighted by Crippen LogP contribution is -2.38. The van der Waals surface area contributed by atoms with Gasteiger partial charge in [-0.2, -0.15) is 0 Å². The largest absolute Gasteiger partial charge is 0.483 e. The van der Waals surface area contributed by atoms with Gasteiger partial charge < -0.3 is 19.1 Å². The third-order valence-electron chi connectivity index (χ3n) is 5.17. The second kappa shape index (κ2) is 7.78. The first kappa shape index (κ1) is 19.3. The van der Waals surface area contributed by atoms with Crippen LogP contribution in [0.4, 0.5) is 5.69 Å². The van der Waals surface area contributed by atoms with Crippen LogP contribution in [0.15, 0.2) is 42.5 Å². The number of hydrogen-bond donors (Lipinski definition) is 0. The van der Waals surface area contributed by atoms with Crippen molar-refractivity contribution in [1.29, 1.82) is 0 Å². The highest BCUT2D eigenvalue weighted by molar-refractivity contribution is 5.96. The molecule has 0 saturated heterocycles. The van der Waals surface area contributed by atoms with E-state index < -0.39 is 5.97 Å². The molecule has 0 fully saturated rings. The van der Waals surface area contributed by atoms with E-state index in [1.54, 1.807) is 11.0 Å². The van der Waals surface area contributed by atoms with Crippen LogP contribution in [0.25, 0.3) is 0 Å². The summed E-state index contributed by atoms with van der Waals surface area (Å²) in [6.45, 7) is 4.08. The Morgan fingerprint density at radius 2 is 1.86 bits per heavy atom. The number of carbonyl (C=O) groups is 2. The van der Waals surface area contributed by atoms with Gasteiger partial charge in [0.15, 0.2) is 24.7 Å². The Morgan fingerprint density at radius 1 is 1.07 bits per heavy atom. The molecule has 6 heteroatoms. The van der Waals surface area contributed by atoms with Crippen LogP contribution in [-0.2, 0) is 27.2 Å². The molecule has 0 radical (unpaired) electrons. The van der Waals surface area contributed by atoms with E-state index in [0.29, 0.717) is 18.0 Å². The van der Waals surface area contributed by atoms with Crippen molar-refractivity contribution in [3.05, 3.63) is 53.6 Å². The molecular weight excluding hydrogens is 370 g/mol. The van der Waals surface area contributed by atoms with Crippen molar-refractivity contribution >= 4 is 17.6 Å². The van der Waals surface area contributed by atoms with Crippen molar-refractivity contribution in [2.75, 3.05) is 24.7 Å². The van der Waals surface area contributed by atoms with Crippen molar-refractivity contribution < 1.29 is 23.8 Å². The molecule has 0 atom stereocenters. The number of anilines is 1. The van der Waals surface area contributed by atoms with Gasteiger partial charge in [0.05, 0.1) is 0 Å². The van der Waals surface area contributed by atoms with Crippen LogP contribution in [-0.4, -0.2) is 37.2 Å². The predicted octanol–water partition coefficient (Wildman–Crippen LogP) is 3.30. The molecule has 152 valence electrons. The molecule has 6 nitrogen and oxygen atoms in total. The fourth-order valence-corrected chi connectivity index (χ4v) is 3.89. The fourth-order valence-electron chi connectivity index (χ4n) is 3.89. The van der Waals surface area contributed by atoms with E-state index in [1.807, 2.05) is 50.2 Å². The molecule has 2 aliphatic heterocycles. The summed E-state index contributed by atoms with van der Waals surface area (Å²) in [4.78, 5) is 26.4. The maximum atomic E-state index is 12.6. The molecule has 2 aromatic carbocycles. The predicted molar refractivity (Wildman–Crippen MR) is 108 cm³/mol. The second-order valence-electron chi connectivity index (χ2n) is 8.01. The maximum Gasteiger partial charge on any atom is 0.344 e. The molecular formula is C23H25NO5. The van der Waals surface area contributed by atoms with Gasteiger partial charge in [0.2, 0.25) is 0 Å². The Hall–Kier alpha value is -3.02. The van der Waals surface area contributed by atoms with E-state index in [2.05, 4.69) is 0 Å². The van der Waals surface area contributed by atoms with E-state index in [9.17, 15) is 9.59 Å². The molecule has 1 amide bonds. The minimum atomic E-state index is -0.585. The number of aryl methyl sites for hydroxylation is 1. The summed E-state index contributed by atoms with van der Waals surface area (Å²) < 4.78 is 16.7. The van der Waals surface area contributed by atoms with Gasteiger partial charge in [-0.1, -0.05) is 30.3 Å². The molecule has 0 unspecified atom stereocenters. The van der Waals surface area contributed by atoms with Gasteiger partial charge in [-0.05, 0) is 44.4 Å². The topological polar surface area (TPSA) is 65.1 Å². The maximum absolute atomic E-state index is 12.6. The van der Waals surface area contributed by atoms with Crippen molar-refractivity contribution in [1.82, 2.24) is 0 Å². The lowest BCUT2D eigenvalue weighted by atomic mass is 10.0. The molecule has 0 N–H and O–H groups in total. The highest BCUT2D eigenvalue weighted by Gasteiger charge is 2.32. The first-order valence-corrected chi connectivity index (χ1v) is 9.90.